The van der Waals surface area contributed by atoms with E-state index in [2.05, 4.69) is 19.7 Å². The molecule has 110 valence electrons. The van der Waals surface area contributed by atoms with E-state index in [9.17, 15) is 18.3 Å². The van der Waals surface area contributed by atoms with Gasteiger partial charge in [0.25, 0.3) is 0 Å². The number of halogens is 3. The molecule has 3 aromatic rings. The van der Waals surface area contributed by atoms with Crippen LogP contribution in [0.4, 0.5) is 13.2 Å². The van der Waals surface area contributed by atoms with Crippen LogP contribution in [0.5, 0.6) is 11.6 Å². The number of thiazole rings is 1. The molecule has 0 radical (unpaired) electrons. The first kappa shape index (κ1) is 13.7. The van der Waals surface area contributed by atoms with Crippen molar-refractivity contribution in [3.05, 3.63) is 24.5 Å². The number of rotatable bonds is 3. The van der Waals surface area contributed by atoms with Gasteiger partial charge in [0.2, 0.25) is 11.6 Å². The molecule has 0 saturated heterocycles. The number of hydrogen-bond donors (Lipinski definition) is 2. The summed E-state index contributed by atoms with van der Waals surface area (Å²) in [4.78, 5) is 11.2. The second-order valence-corrected chi connectivity index (χ2v) is 5.14. The number of nitrogens with zero attached hydrogens (tertiary/aromatic N) is 2. The predicted molar refractivity (Wildman–Crippen MR) is 70.4 cm³/mol. The highest BCUT2D eigenvalue weighted by Gasteiger charge is 2.30. The average molecular weight is 315 g/mol. The third-order valence-electron chi connectivity index (χ3n) is 2.58. The molecule has 0 unspecified atom stereocenters. The van der Waals surface area contributed by atoms with E-state index in [1.807, 2.05) is 0 Å². The molecule has 0 aliphatic rings. The Hall–Kier alpha value is -2.29. The van der Waals surface area contributed by atoms with E-state index in [0.29, 0.717) is 9.84 Å². The second kappa shape index (κ2) is 4.92. The van der Waals surface area contributed by atoms with Crippen molar-refractivity contribution in [1.29, 1.82) is 0 Å². The molecule has 0 amide bonds. The van der Waals surface area contributed by atoms with Crippen LogP contribution >= 0.6 is 11.3 Å². The fourth-order valence-corrected chi connectivity index (χ4v) is 2.66. The number of nitrogens with one attached hydrogen (secondary N) is 1. The highest BCUT2D eigenvalue weighted by molar-refractivity contribution is 7.21. The fourth-order valence-electron chi connectivity index (χ4n) is 1.71. The minimum absolute atomic E-state index is 0.177. The molecule has 0 saturated carbocycles. The first-order chi connectivity index (χ1) is 9.94. The lowest BCUT2D eigenvalue weighted by Crippen LogP contribution is -2.19. The summed E-state index contributed by atoms with van der Waals surface area (Å²) in [6.07, 6.45) is -1.25. The molecule has 3 heterocycles. The van der Waals surface area contributed by atoms with Crippen LogP contribution in [0, 0.1) is 0 Å². The maximum atomic E-state index is 12.1. The number of alkyl halides is 3. The monoisotopic (exact) mass is 315 g/mol. The van der Waals surface area contributed by atoms with Crippen molar-refractivity contribution >= 4 is 21.7 Å². The average Bonchev–Trinajstić information content (AvgIpc) is 2.97. The summed E-state index contributed by atoms with van der Waals surface area (Å²) in [7, 11) is 0. The van der Waals surface area contributed by atoms with Crippen molar-refractivity contribution in [3.8, 4) is 22.2 Å². The van der Waals surface area contributed by atoms with Crippen molar-refractivity contribution in [2.24, 2.45) is 0 Å². The van der Waals surface area contributed by atoms with Crippen molar-refractivity contribution < 1.29 is 23.0 Å². The normalized spacial score (nSPS) is 12.0. The minimum Gasteiger partial charge on any atom is -0.502 e. The molecule has 5 nitrogen and oxygen atoms in total. The lowest BCUT2D eigenvalue weighted by Gasteiger charge is -2.07. The van der Waals surface area contributed by atoms with Crippen LogP contribution in [0.25, 0.3) is 20.9 Å². The molecule has 0 aliphatic heterocycles. The third kappa shape index (κ3) is 2.77. The molecule has 0 aliphatic carbocycles. The molecule has 9 heteroatoms. The van der Waals surface area contributed by atoms with Crippen LogP contribution in [0.1, 0.15) is 0 Å². The van der Waals surface area contributed by atoms with Crippen LogP contribution in [-0.4, -0.2) is 32.8 Å². The van der Waals surface area contributed by atoms with Gasteiger partial charge in [-0.1, -0.05) is 11.3 Å². The Balaban J connectivity index is 1.91. The Morgan fingerprint density at radius 2 is 2.19 bits per heavy atom. The number of aromatic hydroxyl groups is 1. The SMILES string of the molecule is Oc1c(OCC(F)(F)F)[nH]c2sc(-c3cccnc3)nc12. The second-order valence-electron chi connectivity index (χ2n) is 4.15. The Morgan fingerprint density at radius 1 is 1.38 bits per heavy atom. The summed E-state index contributed by atoms with van der Waals surface area (Å²) in [6, 6.07) is 3.53. The minimum atomic E-state index is -4.47. The number of ether oxygens (including phenoxy) is 1. The van der Waals surface area contributed by atoms with Gasteiger partial charge in [-0.15, -0.1) is 0 Å². The van der Waals surface area contributed by atoms with Gasteiger partial charge in [0.1, 0.15) is 15.4 Å². The largest absolute Gasteiger partial charge is 0.502 e. The maximum Gasteiger partial charge on any atom is 0.422 e. The van der Waals surface area contributed by atoms with Crippen molar-refractivity contribution in [2.45, 2.75) is 6.18 Å². The van der Waals surface area contributed by atoms with Crippen molar-refractivity contribution in [3.63, 3.8) is 0 Å². The smallest absolute Gasteiger partial charge is 0.422 e. The number of aromatic amines is 1. The van der Waals surface area contributed by atoms with E-state index >= 15 is 0 Å². The summed E-state index contributed by atoms with van der Waals surface area (Å²) in [5.74, 6) is -0.764. The fraction of sp³-hybridized carbons (Fsp3) is 0.167. The van der Waals surface area contributed by atoms with Gasteiger partial charge in [-0.25, -0.2) is 4.98 Å². The standard InChI is InChI=1S/C12H8F3N3O2S/c13-12(14,15)5-20-9-8(19)7-11(18-9)21-10(17-7)6-2-1-3-16-4-6/h1-4,18-19H,5H2. The van der Waals surface area contributed by atoms with Gasteiger partial charge in [0.05, 0.1) is 0 Å². The lowest BCUT2D eigenvalue weighted by molar-refractivity contribution is -0.154. The van der Waals surface area contributed by atoms with Crippen molar-refractivity contribution in [1.82, 2.24) is 15.0 Å². The van der Waals surface area contributed by atoms with Crippen LogP contribution in [0.15, 0.2) is 24.5 Å². The van der Waals surface area contributed by atoms with Gasteiger partial charge < -0.3 is 14.8 Å². The number of fused-ring (bicyclic) bond motifs is 1. The molecule has 21 heavy (non-hydrogen) atoms. The van der Waals surface area contributed by atoms with E-state index < -0.39 is 18.5 Å². The van der Waals surface area contributed by atoms with Gasteiger partial charge in [0, 0.05) is 18.0 Å². The highest BCUT2D eigenvalue weighted by Crippen LogP contribution is 2.40. The quantitative estimate of drug-likeness (QED) is 0.777. The summed E-state index contributed by atoms with van der Waals surface area (Å²) in [6.45, 7) is -1.48. The molecule has 0 spiro atoms. The Morgan fingerprint density at radius 3 is 2.81 bits per heavy atom. The van der Waals surface area contributed by atoms with Crippen LogP contribution in [-0.2, 0) is 0 Å². The molecule has 2 N–H and O–H groups in total. The van der Waals surface area contributed by atoms with E-state index in [1.165, 1.54) is 11.3 Å². The summed E-state index contributed by atoms with van der Waals surface area (Å²) in [5, 5.41) is 10.5. The maximum absolute atomic E-state index is 12.1. The summed E-state index contributed by atoms with van der Waals surface area (Å²) >= 11 is 1.19. The van der Waals surface area contributed by atoms with Gasteiger partial charge >= 0.3 is 6.18 Å². The van der Waals surface area contributed by atoms with Crippen LogP contribution < -0.4 is 4.74 Å². The number of pyridine rings is 1. The molecule has 0 atom stereocenters. The van der Waals surface area contributed by atoms with Gasteiger partial charge in [0.15, 0.2) is 6.61 Å². The number of H-pyrrole nitrogens is 1. The molecule has 0 aromatic carbocycles. The van der Waals surface area contributed by atoms with E-state index in [1.54, 1.807) is 24.5 Å². The van der Waals surface area contributed by atoms with Gasteiger partial charge in [-0.05, 0) is 12.1 Å². The Labute approximate surface area is 120 Å². The summed E-state index contributed by atoms with van der Waals surface area (Å²) < 4.78 is 40.8. The first-order valence-corrected chi connectivity index (χ1v) is 6.57. The van der Waals surface area contributed by atoms with Gasteiger partial charge in [-0.3, -0.25) is 4.98 Å². The van der Waals surface area contributed by atoms with Crippen LogP contribution in [0.2, 0.25) is 0 Å². The Kier molecular flexibility index (Phi) is 3.20. The topological polar surface area (TPSA) is 71.0 Å². The lowest BCUT2D eigenvalue weighted by atomic mass is 10.3. The molecule has 3 rings (SSSR count). The summed E-state index contributed by atoms with van der Waals surface area (Å²) in [5.41, 5.74) is 0.931. The van der Waals surface area contributed by atoms with Gasteiger partial charge in [-0.2, -0.15) is 13.2 Å². The molecule has 3 aromatic heterocycles. The number of aromatic nitrogens is 3. The zero-order valence-corrected chi connectivity index (χ0v) is 11.1. The highest BCUT2D eigenvalue weighted by atomic mass is 32.1. The number of hydrogen-bond acceptors (Lipinski definition) is 5. The molecule has 0 bridgehead atoms. The van der Waals surface area contributed by atoms with Crippen LogP contribution in [0.3, 0.4) is 0 Å². The zero-order chi connectivity index (χ0) is 15.0. The van der Waals surface area contributed by atoms with Crippen molar-refractivity contribution in [2.75, 3.05) is 6.61 Å². The Bertz CT molecular complexity index is 767. The van der Waals surface area contributed by atoms with E-state index in [4.69, 9.17) is 0 Å². The molecule has 0 fully saturated rings. The zero-order valence-electron chi connectivity index (χ0n) is 10.3. The predicted octanol–water partition coefficient (Wildman–Crippen LogP) is 3.33. The first-order valence-electron chi connectivity index (χ1n) is 5.75. The third-order valence-corrected chi connectivity index (χ3v) is 3.60. The van der Waals surface area contributed by atoms with E-state index in [-0.39, 0.29) is 11.4 Å². The molecular formula is C12H8F3N3O2S. The molecular weight excluding hydrogens is 307 g/mol. The van der Waals surface area contributed by atoms with E-state index in [0.717, 1.165) is 5.56 Å².